The Morgan fingerprint density at radius 3 is 2.55 bits per heavy atom. The molecule has 0 aliphatic carbocycles. The lowest BCUT2D eigenvalue weighted by atomic mass is 10.2. The van der Waals surface area contributed by atoms with Crippen molar-refractivity contribution in [3.63, 3.8) is 0 Å². The van der Waals surface area contributed by atoms with Gasteiger partial charge in [0.1, 0.15) is 6.04 Å². The summed E-state index contributed by atoms with van der Waals surface area (Å²) in [5.41, 5.74) is 5.94. The maximum absolute atomic E-state index is 12.2. The van der Waals surface area contributed by atoms with Crippen LogP contribution in [0.25, 0.3) is 0 Å². The van der Waals surface area contributed by atoms with Gasteiger partial charge in [-0.2, -0.15) is 0 Å². The van der Waals surface area contributed by atoms with Gasteiger partial charge in [0, 0.05) is 12.2 Å². The summed E-state index contributed by atoms with van der Waals surface area (Å²) in [7, 11) is 0. The molecule has 2 rings (SSSR count). The van der Waals surface area contributed by atoms with E-state index in [1.165, 1.54) is 0 Å². The number of nitrogens with zero attached hydrogens (tertiary/aromatic N) is 1. The topological polar surface area (TPSA) is 105 Å². The van der Waals surface area contributed by atoms with Gasteiger partial charge < -0.3 is 21.3 Å². The van der Waals surface area contributed by atoms with Crippen molar-refractivity contribution in [1.29, 1.82) is 0 Å². The van der Waals surface area contributed by atoms with Crippen molar-refractivity contribution in [2.75, 3.05) is 24.5 Å². The number of carbonyl (C=O) groups excluding carboxylic acids is 3. The molecule has 1 aliphatic heterocycles. The summed E-state index contributed by atoms with van der Waals surface area (Å²) in [6.07, 6.45) is 0.546. The Hall–Kier alpha value is -2.12. The van der Waals surface area contributed by atoms with E-state index in [-0.39, 0.29) is 31.4 Å². The van der Waals surface area contributed by atoms with Crippen LogP contribution >= 0.6 is 12.4 Å². The second-order valence-corrected chi connectivity index (χ2v) is 4.72. The highest BCUT2D eigenvalue weighted by Gasteiger charge is 2.33. The Morgan fingerprint density at radius 1 is 1.23 bits per heavy atom. The minimum atomic E-state index is -0.549. The molecule has 7 nitrogen and oxygen atoms in total. The first kappa shape index (κ1) is 17.9. The number of rotatable bonds is 5. The number of nitrogens with one attached hydrogen (secondary N) is 2. The van der Waals surface area contributed by atoms with Crippen molar-refractivity contribution in [2.45, 2.75) is 12.5 Å². The molecule has 0 radical (unpaired) electrons. The summed E-state index contributed by atoms with van der Waals surface area (Å²) < 4.78 is 0. The zero-order valence-electron chi connectivity index (χ0n) is 12.0. The number of amides is 3. The van der Waals surface area contributed by atoms with Gasteiger partial charge >= 0.3 is 0 Å². The Bertz CT molecular complexity index is 538. The molecular weight excluding hydrogens is 308 g/mol. The highest BCUT2D eigenvalue weighted by Crippen LogP contribution is 2.20. The molecule has 1 heterocycles. The van der Waals surface area contributed by atoms with E-state index in [4.69, 9.17) is 5.73 Å². The summed E-state index contributed by atoms with van der Waals surface area (Å²) in [4.78, 5) is 36.5. The largest absolute Gasteiger partial charge is 0.346 e. The minimum Gasteiger partial charge on any atom is -0.346 e. The van der Waals surface area contributed by atoms with Crippen LogP contribution in [0.2, 0.25) is 0 Å². The van der Waals surface area contributed by atoms with E-state index >= 15 is 0 Å². The lowest BCUT2D eigenvalue weighted by Crippen LogP contribution is -2.46. The summed E-state index contributed by atoms with van der Waals surface area (Å²) in [6.45, 7) is 0.214. The SMILES string of the molecule is Cl.NCC(=O)NCC(=O)NC1CCN(c2ccccc2)C1=O. The fraction of sp³-hybridized carbons (Fsp3) is 0.357. The number of nitrogens with two attached hydrogens (primary N) is 1. The van der Waals surface area contributed by atoms with Gasteiger partial charge in [-0.05, 0) is 18.6 Å². The van der Waals surface area contributed by atoms with E-state index in [1.54, 1.807) is 4.90 Å². The highest BCUT2D eigenvalue weighted by atomic mass is 35.5. The van der Waals surface area contributed by atoms with Crippen LogP contribution in [0, 0.1) is 0 Å². The van der Waals surface area contributed by atoms with Crippen LogP contribution in [0.5, 0.6) is 0 Å². The third kappa shape index (κ3) is 4.44. The smallest absolute Gasteiger partial charge is 0.249 e. The number of halogens is 1. The van der Waals surface area contributed by atoms with Gasteiger partial charge in [0.25, 0.3) is 0 Å². The number of hydrogen-bond acceptors (Lipinski definition) is 4. The second kappa shape index (κ2) is 8.35. The fourth-order valence-electron chi connectivity index (χ4n) is 2.17. The first-order chi connectivity index (χ1) is 10.1. The van der Waals surface area contributed by atoms with Crippen molar-refractivity contribution < 1.29 is 14.4 Å². The first-order valence-electron chi connectivity index (χ1n) is 6.74. The van der Waals surface area contributed by atoms with Gasteiger partial charge in [0.05, 0.1) is 13.1 Å². The van der Waals surface area contributed by atoms with Gasteiger partial charge in [0.2, 0.25) is 17.7 Å². The molecule has 3 amide bonds. The fourth-order valence-corrected chi connectivity index (χ4v) is 2.17. The van der Waals surface area contributed by atoms with Crippen molar-refractivity contribution in [3.8, 4) is 0 Å². The minimum absolute atomic E-state index is 0. The van der Waals surface area contributed by atoms with Gasteiger partial charge in [-0.1, -0.05) is 18.2 Å². The summed E-state index contributed by atoms with van der Waals surface area (Å²) in [6, 6.07) is 8.75. The van der Waals surface area contributed by atoms with Crippen molar-refractivity contribution >= 4 is 35.8 Å². The molecule has 1 saturated heterocycles. The van der Waals surface area contributed by atoms with Crippen LogP contribution in [-0.4, -0.2) is 43.4 Å². The molecule has 0 saturated carbocycles. The third-order valence-electron chi connectivity index (χ3n) is 3.24. The van der Waals surface area contributed by atoms with E-state index in [0.717, 1.165) is 5.69 Å². The molecule has 120 valence electrons. The number of para-hydroxylation sites is 1. The molecular formula is C14H19ClN4O3. The predicted octanol–water partition coefficient (Wildman–Crippen LogP) is -0.595. The van der Waals surface area contributed by atoms with Crippen LogP contribution in [0.3, 0.4) is 0 Å². The van der Waals surface area contributed by atoms with E-state index < -0.39 is 17.9 Å². The van der Waals surface area contributed by atoms with E-state index in [9.17, 15) is 14.4 Å². The third-order valence-corrected chi connectivity index (χ3v) is 3.24. The standard InChI is InChI=1S/C14H18N4O3.ClH/c15-8-12(19)16-9-13(20)17-11-6-7-18(14(11)21)10-4-2-1-3-5-10;/h1-5,11H,6-9,15H2,(H,16,19)(H,17,20);1H. The van der Waals surface area contributed by atoms with Crippen LogP contribution in [0.1, 0.15) is 6.42 Å². The molecule has 22 heavy (non-hydrogen) atoms. The predicted molar refractivity (Wildman–Crippen MR) is 84.7 cm³/mol. The Kier molecular flexibility index (Phi) is 6.81. The molecule has 1 atom stereocenters. The monoisotopic (exact) mass is 326 g/mol. The summed E-state index contributed by atoms with van der Waals surface area (Å²) in [5, 5.41) is 4.99. The van der Waals surface area contributed by atoms with Crippen LogP contribution < -0.4 is 21.3 Å². The zero-order chi connectivity index (χ0) is 15.2. The summed E-state index contributed by atoms with van der Waals surface area (Å²) in [5.74, 6) is -0.946. The second-order valence-electron chi connectivity index (χ2n) is 4.72. The average Bonchev–Trinajstić information content (AvgIpc) is 2.86. The molecule has 0 aromatic heterocycles. The van der Waals surface area contributed by atoms with Crippen molar-refractivity contribution in [2.24, 2.45) is 5.73 Å². The van der Waals surface area contributed by atoms with E-state index in [0.29, 0.717) is 13.0 Å². The Balaban J connectivity index is 0.00000242. The maximum atomic E-state index is 12.2. The van der Waals surface area contributed by atoms with Gasteiger partial charge in [-0.25, -0.2) is 0 Å². The van der Waals surface area contributed by atoms with Crippen molar-refractivity contribution in [3.05, 3.63) is 30.3 Å². The van der Waals surface area contributed by atoms with E-state index in [1.807, 2.05) is 30.3 Å². The molecule has 1 aromatic carbocycles. The van der Waals surface area contributed by atoms with Gasteiger partial charge in [0.15, 0.2) is 0 Å². The molecule has 0 bridgehead atoms. The van der Waals surface area contributed by atoms with E-state index in [2.05, 4.69) is 10.6 Å². The molecule has 0 spiro atoms. The Labute approximate surface area is 134 Å². The van der Waals surface area contributed by atoms with Gasteiger partial charge in [-0.15, -0.1) is 12.4 Å². The normalized spacial score (nSPS) is 16.9. The molecule has 4 N–H and O–H groups in total. The number of carbonyl (C=O) groups is 3. The number of anilines is 1. The van der Waals surface area contributed by atoms with Crippen LogP contribution in [0.15, 0.2) is 30.3 Å². The number of benzene rings is 1. The number of hydrogen-bond donors (Lipinski definition) is 3. The van der Waals surface area contributed by atoms with Crippen LogP contribution in [0.4, 0.5) is 5.69 Å². The maximum Gasteiger partial charge on any atom is 0.249 e. The lowest BCUT2D eigenvalue weighted by molar-refractivity contribution is -0.127. The quantitative estimate of drug-likeness (QED) is 0.672. The average molecular weight is 327 g/mol. The first-order valence-corrected chi connectivity index (χ1v) is 6.74. The molecule has 8 heteroatoms. The van der Waals surface area contributed by atoms with Crippen molar-refractivity contribution in [1.82, 2.24) is 10.6 Å². The Morgan fingerprint density at radius 2 is 1.91 bits per heavy atom. The molecule has 1 aliphatic rings. The summed E-state index contributed by atoms with van der Waals surface area (Å²) >= 11 is 0. The lowest BCUT2D eigenvalue weighted by Gasteiger charge is -2.17. The van der Waals surface area contributed by atoms with Crippen LogP contribution in [-0.2, 0) is 14.4 Å². The molecule has 1 fully saturated rings. The zero-order valence-corrected chi connectivity index (χ0v) is 12.8. The highest BCUT2D eigenvalue weighted by molar-refractivity contribution is 6.01. The van der Waals surface area contributed by atoms with Gasteiger partial charge in [-0.3, -0.25) is 14.4 Å². The molecule has 1 unspecified atom stereocenters. The molecule has 1 aromatic rings.